The molecular formula is C6H17NO4P+. The minimum atomic E-state index is -4.27. The molecular weight excluding hydrogens is 181 g/mol. The third-order valence-corrected chi connectivity index (χ3v) is 2.33. The standard InChI is InChI=1S/C6H16NO4P/c1-4-7(2,3)5-6-11-12(8,9)10/h4-6H2,1-3H3,(H-,8,9,10)/p+1. The lowest BCUT2D eigenvalue weighted by atomic mass is 10.4. The van der Waals surface area contributed by atoms with Gasteiger partial charge in [0.15, 0.2) is 0 Å². The second-order valence-corrected chi connectivity index (χ2v) is 4.54. The highest BCUT2D eigenvalue weighted by Gasteiger charge is 2.17. The topological polar surface area (TPSA) is 66.8 Å². The molecule has 0 unspecified atom stereocenters. The summed E-state index contributed by atoms with van der Waals surface area (Å²) in [7, 11) is -0.322. The highest BCUT2D eigenvalue weighted by molar-refractivity contribution is 7.46. The lowest BCUT2D eigenvalue weighted by molar-refractivity contribution is -0.888. The van der Waals surface area contributed by atoms with Gasteiger partial charge < -0.3 is 14.3 Å². The minimum absolute atomic E-state index is 0.0884. The molecule has 5 nitrogen and oxygen atoms in total. The van der Waals surface area contributed by atoms with Crippen molar-refractivity contribution in [3.8, 4) is 0 Å². The second-order valence-electron chi connectivity index (χ2n) is 3.30. The Balaban J connectivity index is 3.64. The van der Waals surface area contributed by atoms with E-state index >= 15 is 0 Å². The Labute approximate surface area is 72.8 Å². The van der Waals surface area contributed by atoms with Crippen molar-refractivity contribution >= 4 is 7.82 Å². The molecule has 12 heavy (non-hydrogen) atoms. The van der Waals surface area contributed by atoms with Crippen LogP contribution in [0.25, 0.3) is 0 Å². The van der Waals surface area contributed by atoms with Crippen molar-refractivity contribution < 1.29 is 23.4 Å². The van der Waals surface area contributed by atoms with Crippen LogP contribution in [0.15, 0.2) is 0 Å². The maximum Gasteiger partial charge on any atom is 0.469 e. The molecule has 0 atom stereocenters. The lowest BCUT2D eigenvalue weighted by Crippen LogP contribution is -2.41. The first-order valence-corrected chi connectivity index (χ1v) is 5.32. The summed E-state index contributed by atoms with van der Waals surface area (Å²) in [6, 6.07) is 0. The molecule has 0 aromatic carbocycles. The summed E-state index contributed by atoms with van der Waals surface area (Å²) in [6.45, 7) is 3.61. The molecule has 0 aliphatic rings. The van der Waals surface area contributed by atoms with Gasteiger partial charge in [0, 0.05) is 0 Å². The first-order chi connectivity index (χ1) is 5.27. The third-order valence-electron chi connectivity index (χ3n) is 1.81. The number of likely N-dealkylation sites (N-methyl/N-ethyl adjacent to an activating group) is 1. The number of phosphoric acid groups is 1. The largest absolute Gasteiger partial charge is 0.469 e. The van der Waals surface area contributed by atoms with Crippen LogP contribution < -0.4 is 0 Å². The van der Waals surface area contributed by atoms with E-state index in [4.69, 9.17) is 9.79 Å². The lowest BCUT2D eigenvalue weighted by Gasteiger charge is -2.27. The van der Waals surface area contributed by atoms with E-state index in [0.717, 1.165) is 6.54 Å². The second kappa shape index (κ2) is 4.35. The number of rotatable bonds is 5. The van der Waals surface area contributed by atoms with Gasteiger partial charge in [-0.1, -0.05) is 0 Å². The van der Waals surface area contributed by atoms with Crippen molar-refractivity contribution in [2.45, 2.75) is 6.92 Å². The Hall–Kier alpha value is 0.0700. The molecule has 74 valence electrons. The van der Waals surface area contributed by atoms with E-state index in [2.05, 4.69) is 4.52 Å². The Morgan fingerprint density at radius 3 is 2.25 bits per heavy atom. The maximum atomic E-state index is 10.3. The average Bonchev–Trinajstić information content (AvgIpc) is 1.84. The predicted molar refractivity (Wildman–Crippen MR) is 45.5 cm³/mol. The molecule has 0 aromatic rings. The van der Waals surface area contributed by atoms with Crippen LogP contribution in [0, 0.1) is 0 Å². The van der Waals surface area contributed by atoms with Gasteiger partial charge >= 0.3 is 7.82 Å². The van der Waals surface area contributed by atoms with E-state index in [1.54, 1.807) is 0 Å². The molecule has 2 N–H and O–H groups in total. The van der Waals surface area contributed by atoms with Gasteiger partial charge in [-0.15, -0.1) is 0 Å². The van der Waals surface area contributed by atoms with Gasteiger partial charge in [0.1, 0.15) is 13.2 Å². The number of phosphoric ester groups is 1. The van der Waals surface area contributed by atoms with Crippen LogP contribution in [0.1, 0.15) is 6.92 Å². The van der Waals surface area contributed by atoms with Crippen LogP contribution >= 0.6 is 7.82 Å². The van der Waals surface area contributed by atoms with E-state index in [-0.39, 0.29) is 6.61 Å². The van der Waals surface area contributed by atoms with Crippen molar-refractivity contribution in [1.29, 1.82) is 0 Å². The van der Waals surface area contributed by atoms with E-state index in [1.165, 1.54) is 0 Å². The summed E-state index contributed by atoms with van der Waals surface area (Å²) < 4.78 is 15.3. The van der Waals surface area contributed by atoms with Crippen LogP contribution in [0.4, 0.5) is 0 Å². The SMILES string of the molecule is CC[N+](C)(C)CCOP(=O)(O)O. The highest BCUT2D eigenvalue weighted by atomic mass is 31.2. The van der Waals surface area contributed by atoms with Gasteiger partial charge in [-0.3, -0.25) is 4.52 Å². The summed E-state index contributed by atoms with van der Waals surface area (Å²) in [5.74, 6) is 0. The molecule has 0 heterocycles. The normalized spacial score (nSPS) is 13.4. The van der Waals surface area contributed by atoms with Crippen LogP contribution in [0.5, 0.6) is 0 Å². The van der Waals surface area contributed by atoms with E-state index in [1.807, 2.05) is 21.0 Å². The summed E-state index contributed by atoms with van der Waals surface area (Å²) in [5.41, 5.74) is 0. The molecule has 0 aromatic heterocycles. The summed E-state index contributed by atoms with van der Waals surface area (Å²) in [5, 5.41) is 0. The number of hydrogen-bond donors (Lipinski definition) is 2. The Kier molecular flexibility index (Phi) is 4.37. The monoisotopic (exact) mass is 198 g/mol. The molecule has 0 bridgehead atoms. The fourth-order valence-corrected chi connectivity index (χ4v) is 0.884. The van der Waals surface area contributed by atoms with Crippen LogP contribution in [0.2, 0.25) is 0 Å². The van der Waals surface area contributed by atoms with E-state index in [9.17, 15) is 4.57 Å². The molecule has 0 aliphatic heterocycles. The molecule has 0 saturated carbocycles. The van der Waals surface area contributed by atoms with Crippen molar-refractivity contribution in [3.05, 3.63) is 0 Å². The molecule has 0 radical (unpaired) electrons. The van der Waals surface area contributed by atoms with E-state index in [0.29, 0.717) is 11.0 Å². The predicted octanol–water partition coefficient (Wildman–Crippen LogP) is 0.192. The zero-order valence-electron chi connectivity index (χ0n) is 7.73. The van der Waals surface area contributed by atoms with Gasteiger partial charge in [0.2, 0.25) is 0 Å². The highest BCUT2D eigenvalue weighted by Crippen LogP contribution is 2.35. The Bertz CT molecular complexity index is 176. The Morgan fingerprint density at radius 1 is 1.42 bits per heavy atom. The Morgan fingerprint density at radius 2 is 1.92 bits per heavy atom. The van der Waals surface area contributed by atoms with Crippen molar-refractivity contribution in [1.82, 2.24) is 0 Å². The smallest absolute Gasteiger partial charge is 0.327 e. The summed E-state index contributed by atoms with van der Waals surface area (Å²) in [6.07, 6.45) is 0. The van der Waals surface area contributed by atoms with Crippen molar-refractivity contribution in [3.63, 3.8) is 0 Å². The number of hydrogen-bond acceptors (Lipinski definition) is 2. The quantitative estimate of drug-likeness (QED) is 0.489. The van der Waals surface area contributed by atoms with Crippen LogP contribution in [0.3, 0.4) is 0 Å². The van der Waals surface area contributed by atoms with Gasteiger partial charge in [-0.05, 0) is 6.92 Å². The first kappa shape index (κ1) is 12.1. The summed E-state index contributed by atoms with van der Waals surface area (Å²) >= 11 is 0. The average molecular weight is 198 g/mol. The van der Waals surface area contributed by atoms with Crippen molar-refractivity contribution in [2.24, 2.45) is 0 Å². The zero-order chi connectivity index (χ0) is 9.83. The van der Waals surface area contributed by atoms with Crippen LogP contribution in [-0.4, -0.2) is 48.1 Å². The van der Waals surface area contributed by atoms with Gasteiger partial charge in [0.25, 0.3) is 0 Å². The number of quaternary nitrogens is 1. The molecule has 0 amide bonds. The molecule has 0 fully saturated rings. The van der Waals surface area contributed by atoms with Gasteiger partial charge in [-0.25, -0.2) is 4.57 Å². The number of nitrogens with zero attached hydrogens (tertiary/aromatic N) is 1. The molecule has 0 saturated heterocycles. The van der Waals surface area contributed by atoms with Gasteiger partial charge in [-0.2, -0.15) is 0 Å². The maximum absolute atomic E-state index is 10.3. The first-order valence-electron chi connectivity index (χ1n) is 3.79. The van der Waals surface area contributed by atoms with Crippen molar-refractivity contribution in [2.75, 3.05) is 33.8 Å². The zero-order valence-corrected chi connectivity index (χ0v) is 8.62. The molecule has 0 rings (SSSR count). The summed E-state index contributed by atoms with van der Waals surface area (Å²) in [4.78, 5) is 16.7. The third kappa shape index (κ3) is 6.76. The minimum Gasteiger partial charge on any atom is -0.327 e. The fraction of sp³-hybridized carbons (Fsp3) is 1.00. The molecule has 6 heteroatoms. The van der Waals surface area contributed by atoms with Gasteiger partial charge in [0.05, 0.1) is 20.6 Å². The fourth-order valence-electron chi connectivity index (χ4n) is 0.565. The molecule has 0 spiro atoms. The van der Waals surface area contributed by atoms with E-state index < -0.39 is 7.82 Å². The van der Waals surface area contributed by atoms with Crippen LogP contribution in [-0.2, 0) is 9.09 Å². The molecule has 0 aliphatic carbocycles.